The first-order valence-corrected chi connectivity index (χ1v) is 10.5. The van der Waals surface area contributed by atoms with Gasteiger partial charge in [0.15, 0.2) is 5.16 Å². The molecule has 0 saturated heterocycles. The Morgan fingerprint density at radius 3 is 2.69 bits per heavy atom. The molecule has 1 aromatic carbocycles. The summed E-state index contributed by atoms with van der Waals surface area (Å²) in [6.07, 6.45) is 1.59. The van der Waals surface area contributed by atoms with E-state index >= 15 is 0 Å². The van der Waals surface area contributed by atoms with Crippen LogP contribution in [0.25, 0.3) is 0 Å². The summed E-state index contributed by atoms with van der Waals surface area (Å²) in [5, 5.41) is 12.4. The van der Waals surface area contributed by atoms with E-state index < -0.39 is 0 Å². The van der Waals surface area contributed by atoms with E-state index in [-0.39, 0.29) is 5.91 Å². The maximum Gasteiger partial charge on any atom is 0.251 e. The van der Waals surface area contributed by atoms with Crippen LogP contribution < -0.4 is 5.32 Å². The number of furan rings is 1. The molecule has 1 N–H and O–H groups in total. The van der Waals surface area contributed by atoms with E-state index in [0.29, 0.717) is 24.6 Å². The maximum absolute atomic E-state index is 12.3. The lowest BCUT2D eigenvalue weighted by Gasteiger charge is -2.11. The van der Waals surface area contributed by atoms with Gasteiger partial charge in [0.2, 0.25) is 0 Å². The second kappa shape index (κ2) is 10.3. The van der Waals surface area contributed by atoms with Crippen molar-refractivity contribution in [2.24, 2.45) is 0 Å². The minimum atomic E-state index is -0.124. The lowest BCUT2D eigenvalue weighted by atomic mass is 10.1. The summed E-state index contributed by atoms with van der Waals surface area (Å²) in [4.78, 5) is 12.3. The monoisotopic (exact) mass is 414 g/mol. The number of carbonyl (C=O) groups excluding carboxylic acids is 1. The lowest BCUT2D eigenvalue weighted by Crippen LogP contribution is -2.22. The average molecular weight is 415 g/mol. The summed E-state index contributed by atoms with van der Waals surface area (Å²) in [6, 6.07) is 11.2. The van der Waals surface area contributed by atoms with Crippen molar-refractivity contribution in [2.75, 3.05) is 13.7 Å². The summed E-state index contributed by atoms with van der Waals surface area (Å²) >= 11 is 1.63. The number of rotatable bonds is 10. The SMILES string of the molecule is COCCn1c(SCc2ccc(C(=O)NCc3ccco3)cc2)nnc1C(C)C. The molecule has 0 aliphatic heterocycles. The van der Waals surface area contributed by atoms with Crippen molar-refractivity contribution < 1.29 is 13.9 Å². The molecule has 29 heavy (non-hydrogen) atoms. The topological polar surface area (TPSA) is 82.2 Å². The van der Waals surface area contributed by atoms with Gasteiger partial charge in [-0.25, -0.2) is 0 Å². The molecule has 0 saturated carbocycles. The van der Waals surface area contributed by atoms with E-state index in [2.05, 4.69) is 33.9 Å². The molecule has 3 aromatic rings. The normalized spacial score (nSPS) is 11.2. The van der Waals surface area contributed by atoms with Crippen molar-refractivity contribution in [3.05, 3.63) is 65.4 Å². The molecule has 1 amide bonds. The Kier molecular flexibility index (Phi) is 7.48. The number of hydrogen-bond donors (Lipinski definition) is 1. The van der Waals surface area contributed by atoms with Crippen LogP contribution in [-0.4, -0.2) is 34.4 Å². The van der Waals surface area contributed by atoms with Crippen molar-refractivity contribution in [3.8, 4) is 0 Å². The molecule has 0 aliphatic carbocycles. The lowest BCUT2D eigenvalue weighted by molar-refractivity contribution is 0.0948. The van der Waals surface area contributed by atoms with Gasteiger partial charge in [0.25, 0.3) is 5.91 Å². The number of amides is 1. The Morgan fingerprint density at radius 1 is 1.24 bits per heavy atom. The highest BCUT2D eigenvalue weighted by Gasteiger charge is 2.15. The van der Waals surface area contributed by atoms with Crippen LogP contribution in [0, 0.1) is 0 Å². The average Bonchev–Trinajstić information content (AvgIpc) is 3.39. The van der Waals surface area contributed by atoms with Crippen LogP contribution >= 0.6 is 11.8 Å². The van der Waals surface area contributed by atoms with Gasteiger partial charge in [-0.05, 0) is 29.8 Å². The number of hydrogen-bond acceptors (Lipinski definition) is 6. The maximum atomic E-state index is 12.3. The minimum absolute atomic E-state index is 0.124. The molecular weight excluding hydrogens is 388 g/mol. The van der Waals surface area contributed by atoms with Crippen LogP contribution in [0.3, 0.4) is 0 Å². The Hall–Kier alpha value is -2.58. The summed E-state index contributed by atoms with van der Waals surface area (Å²) < 4.78 is 12.6. The molecule has 3 rings (SSSR count). The largest absolute Gasteiger partial charge is 0.467 e. The number of nitrogens with zero attached hydrogens (tertiary/aromatic N) is 3. The number of ether oxygens (including phenoxy) is 1. The highest BCUT2D eigenvalue weighted by Crippen LogP contribution is 2.24. The Bertz CT molecular complexity index is 905. The van der Waals surface area contributed by atoms with Gasteiger partial charge >= 0.3 is 0 Å². The van der Waals surface area contributed by atoms with Crippen LogP contribution in [0.5, 0.6) is 0 Å². The first-order valence-electron chi connectivity index (χ1n) is 9.53. The molecule has 2 aromatic heterocycles. The molecule has 0 aliphatic rings. The fraction of sp³-hybridized carbons (Fsp3) is 0.381. The molecule has 0 fully saturated rings. The zero-order valence-electron chi connectivity index (χ0n) is 16.9. The fourth-order valence-corrected chi connectivity index (χ4v) is 3.74. The highest BCUT2D eigenvalue weighted by molar-refractivity contribution is 7.98. The van der Waals surface area contributed by atoms with Gasteiger partial charge in [0, 0.05) is 30.9 Å². The summed E-state index contributed by atoms with van der Waals surface area (Å²) in [5.41, 5.74) is 1.74. The molecule has 0 radical (unpaired) electrons. The molecule has 0 spiro atoms. The summed E-state index contributed by atoms with van der Waals surface area (Å²) in [7, 11) is 1.69. The Balaban J connectivity index is 1.58. The summed E-state index contributed by atoms with van der Waals surface area (Å²) in [5.74, 6) is 2.62. The molecule has 154 valence electrons. The first kappa shape index (κ1) is 21.1. The number of nitrogens with one attached hydrogen (secondary N) is 1. The van der Waals surface area contributed by atoms with Gasteiger partial charge < -0.3 is 19.0 Å². The van der Waals surface area contributed by atoms with Crippen molar-refractivity contribution in [1.29, 1.82) is 0 Å². The molecule has 7 nitrogen and oxygen atoms in total. The van der Waals surface area contributed by atoms with E-state index in [4.69, 9.17) is 9.15 Å². The molecular formula is C21H26N4O3S. The van der Waals surface area contributed by atoms with Crippen molar-refractivity contribution >= 4 is 17.7 Å². The smallest absolute Gasteiger partial charge is 0.251 e. The van der Waals surface area contributed by atoms with E-state index in [0.717, 1.165) is 34.6 Å². The van der Waals surface area contributed by atoms with Gasteiger partial charge in [-0.1, -0.05) is 37.7 Å². The van der Waals surface area contributed by atoms with Crippen LogP contribution in [0.4, 0.5) is 0 Å². The quantitative estimate of drug-likeness (QED) is 0.507. The minimum Gasteiger partial charge on any atom is -0.467 e. The third kappa shape index (κ3) is 5.71. The highest BCUT2D eigenvalue weighted by atomic mass is 32.2. The standard InChI is InChI=1S/C21H26N4O3S/c1-15(2)19-23-24-21(25(19)10-12-27-3)29-14-16-6-8-17(9-7-16)20(26)22-13-18-5-4-11-28-18/h4-9,11,15H,10,12-14H2,1-3H3,(H,22,26). The zero-order valence-corrected chi connectivity index (χ0v) is 17.7. The van der Waals surface area contributed by atoms with Crippen molar-refractivity contribution in [1.82, 2.24) is 20.1 Å². The third-order valence-electron chi connectivity index (χ3n) is 4.37. The fourth-order valence-electron chi connectivity index (χ4n) is 2.81. The third-order valence-corrected chi connectivity index (χ3v) is 5.41. The molecule has 0 atom stereocenters. The van der Waals surface area contributed by atoms with E-state index in [1.807, 2.05) is 30.3 Å². The molecule has 0 unspecified atom stereocenters. The number of carbonyl (C=O) groups is 1. The number of aromatic nitrogens is 3. The second-order valence-corrected chi connectivity index (χ2v) is 7.83. The van der Waals surface area contributed by atoms with Crippen molar-refractivity contribution in [3.63, 3.8) is 0 Å². The molecule has 0 bridgehead atoms. The second-order valence-electron chi connectivity index (χ2n) is 6.89. The number of thioether (sulfide) groups is 1. The Labute approximate surface area is 174 Å². The molecule has 8 heteroatoms. The number of benzene rings is 1. The predicted molar refractivity (Wildman–Crippen MR) is 112 cm³/mol. The van der Waals surface area contributed by atoms with E-state index in [9.17, 15) is 4.79 Å². The van der Waals surface area contributed by atoms with Crippen LogP contribution in [0.15, 0.2) is 52.2 Å². The van der Waals surface area contributed by atoms with Gasteiger partial charge in [-0.15, -0.1) is 10.2 Å². The number of methoxy groups -OCH3 is 1. The van der Waals surface area contributed by atoms with Crippen molar-refractivity contribution in [2.45, 2.75) is 43.8 Å². The van der Waals surface area contributed by atoms with Gasteiger partial charge in [-0.2, -0.15) is 0 Å². The van der Waals surface area contributed by atoms with Crippen LogP contribution in [-0.2, 0) is 23.6 Å². The van der Waals surface area contributed by atoms with Crippen LogP contribution in [0.1, 0.15) is 47.3 Å². The Morgan fingerprint density at radius 2 is 2.03 bits per heavy atom. The van der Waals surface area contributed by atoms with Gasteiger partial charge in [0.1, 0.15) is 11.6 Å². The molecule has 2 heterocycles. The predicted octanol–water partition coefficient (Wildman–Crippen LogP) is 3.86. The van der Waals surface area contributed by atoms with E-state index in [1.54, 1.807) is 31.2 Å². The first-order chi connectivity index (χ1) is 14.1. The van der Waals surface area contributed by atoms with Gasteiger partial charge in [0.05, 0.1) is 19.4 Å². The van der Waals surface area contributed by atoms with Crippen LogP contribution in [0.2, 0.25) is 0 Å². The zero-order chi connectivity index (χ0) is 20.6. The van der Waals surface area contributed by atoms with E-state index in [1.165, 1.54) is 0 Å². The summed E-state index contributed by atoms with van der Waals surface area (Å²) in [6.45, 7) is 5.94. The van der Waals surface area contributed by atoms with Gasteiger partial charge in [-0.3, -0.25) is 4.79 Å².